The second-order valence-corrected chi connectivity index (χ2v) is 13.8. The van der Waals surface area contributed by atoms with Gasteiger partial charge < -0.3 is 4.90 Å². The first-order valence-electron chi connectivity index (χ1n) is 12.1. The Labute approximate surface area is 220 Å². The minimum absolute atomic E-state index is 0.109. The van der Waals surface area contributed by atoms with Gasteiger partial charge in [0.05, 0.1) is 32.4 Å². The second kappa shape index (κ2) is 8.62. The van der Waals surface area contributed by atoms with Crippen LogP contribution < -0.4 is 10.5 Å². The van der Waals surface area contributed by atoms with Gasteiger partial charge in [0.1, 0.15) is 5.02 Å². The van der Waals surface area contributed by atoms with Crippen LogP contribution in [0.4, 0.5) is 5.69 Å². The zero-order valence-electron chi connectivity index (χ0n) is 19.2. The van der Waals surface area contributed by atoms with Gasteiger partial charge >= 0.3 is 0 Å². The molecule has 0 atom stereocenters. The number of anilines is 1. The third-order valence-electron chi connectivity index (χ3n) is 8.46. The molecule has 11 heteroatoms. The summed E-state index contributed by atoms with van der Waals surface area (Å²) in [5.74, 6) is 2.08. The van der Waals surface area contributed by atoms with Crippen LogP contribution in [-0.4, -0.2) is 48.7 Å². The van der Waals surface area contributed by atoms with Crippen molar-refractivity contribution in [3.8, 4) is 0 Å². The average molecular weight is 558 g/mol. The minimum atomic E-state index is -3.71. The Morgan fingerprint density at radius 2 is 1.49 bits per heavy atom. The van der Waals surface area contributed by atoms with E-state index in [0.717, 1.165) is 19.3 Å². The van der Waals surface area contributed by atoms with Gasteiger partial charge in [0.25, 0.3) is 5.56 Å². The van der Waals surface area contributed by atoms with Gasteiger partial charge in [0.15, 0.2) is 0 Å². The first kappa shape index (κ1) is 24.0. The number of hydrogen-bond acceptors (Lipinski definition) is 5. The highest BCUT2D eigenvalue weighted by Crippen LogP contribution is 2.58. The molecule has 2 aromatic rings. The van der Waals surface area contributed by atoms with Crippen LogP contribution in [0.15, 0.2) is 34.1 Å². The average Bonchev–Trinajstić information content (AvgIpc) is 2.81. The maximum atomic E-state index is 13.4. The van der Waals surface area contributed by atoms with Gasteiger partial charge in [-0.15, -0.1) is 0 Å². The van der Waals surface area contributed by atoms with Crippen molar-refractivity contribution in [3.63, 3.8) is 0 Å². The number of hydrogen-bond donors (Lipinski definition) is 0. The van der Waals surface area contributed by atoms with Gasteiger partial charge in [-0.1, -0.05) is 34.8 Å². The van der Waals surface area contributed by atoms with Crippen LogP contribution in [0.1, 0.15) is 38.5 Å². The summed E-state index contributed by atoms with van der Waals surface area (Å²) in [7, 11) is -3.71. The van der Waals surface area contributed by atoms with E-state index in [2.05, 4.69) is 5.10 Å². The van der Waals surface area contributed by atoms with E-state index in [1.54, 1.807) is 10.9 Å². The maximum absolute atomic E-state index is 13.4. The molecule has 0 unspecified atom stereocenters. The normalized spacial score (nSPS) is 30.7. The lowest BCUT2D eigenvalue weighted by Crippen LogP contribution is -2.55. The van der Waals surface area contributed by atoms with Crippen molar-refractivity contribution < 1.29 is 8.42 Å². The first-order valence-corrected chi connectivity index (χ1v) is 14.7. The Balaban J connectivity index is 1.21. The zero-order valence-corrected chi connectivity index (χ0v) is 22.3. The maximum Gasteiger partial charge on any atom is 0.288 e. The number of nitrogens with zero attached hydrogens (tertiary/aromatic N) is 4. The van der Waals surface area contributed by atoms with Gasteiger partial charge in [0, 0.05) is 26.2 Å². The van der Waals surface area contributed by atoms with E-state index >= 15 is 0 Å². The molecule has 35 heavy (non-hydrogen) atoms. The summed E-state index contributed by atoms with van der Waals surface area (Å²) >= 11 is 18.6. The molecule has 4 aliphatic carbocycles. The lowest BCUT2D eigenvalue weighted by atomic mass is 9.53. The molecule has 188 valence electrons. The fourth-order valence-electron chi connectivity index (χ4n) is 7.26. The van der Waals surface area contributed by atoms with Crippen molar-refractivity contribution in [1.29, 1.82) is 0 Å². The van der Waals surface area contributed by atoms with Gasteiger partial charge in [-0.3, -0.25) is 4.79 Å². The van der Waals surface area contributed by atoms with E-state index in [-0.39, 0.29) is 39.1 Å². The summed E-state index contributed by atoms with van der Waals surface area (Å²) in [6, 6.07) is 4.31. The number of rotatable bonds is 4. The van der Waals surface area contributed by atoms with Crippen LogP contribution in [0.2, 0.25) is 15.1 Å². The monoisotopic (exact) mass is 556 g/mol. The highest BCUT2D eigenvalue weighted by atomic mass is 35.5. The molecule has 1 aliphatic heterocycles. The molecule has 7 rings (SSSR count). The standard InChI is InChI=1S/C24H27Cl3N4O3S/c25-19-2-1-18(10-20(19)26)35(33,34)30-5-3-29(4-6-30)21-14-28-31(23(32)22(21)27)24-11-15-7-16(12-24)9-17(8-15)13-24/h1-2,10,14-17H,3-9,11-13H2. The van der Waals surface area contributed by atoms with E-state index in [1.165, 1.54) is 41.8 Å². The molecule has 4 saturated carbocycles. The summed E-state index contributed by atoms with van der Waals surface area (Å²) in [5, 5.41) is 5.34. The second-order valence-electron chi connectivity index (χ2n) is 10.7. The van der Waals surface area contributed by atoms with E-state index in [1.807, 2.05) is 4.90 Å². The third kappa shape index (κ3) is 4.00. The molecule has 5 fully saturated rings. The van der Waals surface area contributed by atoms with Crippen molar-refractivity contribution in [1.82, 2.24) is 14.1 Å². The van der Waals surface area contributed by atoms with Gasteiger partial charge in [-0.25, -0.2) is 13.1 Å². The lowest BCUT2D eigenvalue weighted by molar-refractivity contribution is -0.0518. The smallest absolute Gasteiger partial charge is 0.288 e. The summed E-state index contributed by atoms with van der Waals surface area (Å²) < 4.78 is 29.3. The number of sulfonamides is 1. The SMILES string of the molecule is O=c1c(Cl)c(N2CCN(S(=O)(=O)c3ccc(Cl)c(Cl)c3)CC2)cnn1C12CC3CC(CC(C3)C1)C2. The highest BCUT2D eigenvalue weighted by molar-refractivity contribution is 7.89. The molecule has 4 bridgehead atoms. The third-order valence-corrected chi connectivity index (χ3v) is 11.5. The quantitative estimate of drug-likeness (QED) is 0.548. The van der Waals surface area contributed by atoms with Crippen molar-refractivity contribution in [2.45, 2.75) is 49.0 Å². The van der Waals surface area contributed by atoms with E-state index in [4.69, 9.17) is 34.8 Å². The van der Waals surface area contributed by atoms with E-state index in [9.17, 15) is 13.2 Å². The summed E-state index contributed by atoms with van der Waals surface area (Å²) in [4.78, 5) is 15.5. The Morgan fingerprint density at radius 1 is 0.886 bits per heavy atom. The molecule has 5 aliphatic rings. The van der Waals surface area contributed by atoms with Gasteiger partial charge in [0.2, 0.25) is 10.0 Å². The molecule has 0 radical (unpaired) electrons. The molecule has 1 saturated heterocycles. The summed E-state index contributed by atoms with van der Waals surface area (Å²) in [6.07, 6.45) is 8.62. The topological polar surface area (TPSA) is 75.5 Å². The predicted molar refractivity (Wildman–Crippen MR) is 137 cm³/mol. The van der Waals surface area contributed by atoms with Crippen molar-refractivity contribution in [2.24, 2.45) is 17.8 Å². The van der Waals surface area contributed by atoms with Crippen LogP contribution in [0.5, 0.6) is 0 Å². The van der Waals surface area contributed by atoms with Gasteiger partial charge in [-0.05, 0) is 74.5 Å². The van der Waals surface area contributed by atoms with Crippen molar-refractivity contribution in [2.75, 3.05) is 31.1 Å². The molecule has 7 nitrogen and oxygen atoms in total. The van der Waals surface area contributed by atoms with Crippen LogP contribution in [0.25, 0.3) is 0 Å². The van der Waals surface area contributed by atoms with Crippen LogP contribution in [-0.2, 0) is 15.6 Å². The summed E-state index contributed by atoms with van der Waals surface area (Å²) in [6.45, 7) is 1.33. The molecular formula is C24H27Cl3N4O3S. The Kier molecular flexibility index (Phi) is 5.92. The highest BCUT2D eigenvalue weighted by Gasteiger charge is 2.53. The number of halogens is 3. The van der Waals surface area contributed by atoms with E-state index in [0.29, 0.717) is 41.6 Å². The fourth-order valence-corrected chi connectivity index (χ4v) is 9.32. The largest absolute Gasteiger partial charge is 0.366 e. The zero-order chi connectivity index (χ0) is 24.5. The van der Waals surface area contributed by atoms with E-state index < -0.39 is 10.0 Å². The molecule has 0 N–H and O–H groups in total. The lowest BCUT2D eigenvalue weighted by Gasteiger charge is -2.56. The molecule has 1 aromatic carbocycles. The number of piperazine rings is 1. The number of benzene rings is 1. The Hall–Kier alpha value is -1.32. The van der Waals surface area contributed by atoms with Crippen molar-refractivity contribution in [3.05, 3.63) is 49.8 Å². The van der Waals surface area contributed by atoms with Crippen LogP contribution in [0, 0.1) is 17.8 Å². The Morgan fingerprint density at radius 3 is 2.06 bits per heavy atom. The molecule has 2 heterocycles. The molecule has 0 spiro atoms. The summed E-state index contributed by atoms with van der Waals surface area (Å²) in [5.41, 5.74) is 0.155. The first-order chi connectivity index (χ1) is 16.7. The minimum Gasteiger partial charge on any atom is -0.366 e. The fraction of sp³-hybridized carbons (Fsp3) is 0.583. The predicted octanol–water partition coefficient (Wildman–Crippen LogP) is 4.64. The Bertz CT molecular complexity index is 1300. The number of aromatic nitrogens is 2. The molecular weight excluding hydrogens is 531 g/mol. The van der Waals surface area contributed by atoms with Gasteiger partial charge in [-0.2, -0.15) is 9.40 Å². The molecule has 1 aromatic heterocycles. The molecule has 0 amide bonds. The van der Waals surface area contributed by atoms with Crippen LogP contribution in [0.3, 0.4) is 0 Å². The van der Waals surface area contributed by atoms with Crippen molar-refractivity contribution >= 4 is 50.5 Å². The van der Waals surface area contributed by atoms with Crippen LogP contribution >= 0.6 is 34.8 Å².